The van der Waals surface area contributed by atoms with Gasteiger partial charge in [0, 0.05) is 30.3 Å². The number of aliphatic carboxylic acids is 1. The SMILES string of the molecule is Cc1cc(Cn2cnc3c2CC(C(=O)O)N(C(=O)C(c2ccc(F)cc2)c2ccc(F)cc2)C3)ccc1[N+](=O)[O-]. The number of carbonyl (C=O) groups excluding carboxylic acids is 1. The van der Waals surface area contributed by atoms with E-state index in [0.717, 1.165) is 5.56 Å². The van der Waals surface area contributed by atoms with Gasteiger partial charge in [-0.3, -0.25) is 14.9 Å². The number of carbonyl (C=O) groups is 2. The van der Waals surface area contributed by atoms with Crippen molar-refractivity contribution in [3.8, 4) is 0 Å². The Hall–Kier alpha value is -4.93. The summed E-state index contributed by atoms with van der Waals surface area (Å²) < 4.78 is 29.1. The minimum Gasteiger partial charge on any atom is -0.480 e. The maximum absolute atomic E-state index is 14.0. The number of hydrogen-bond acceptors (Lipinski definition) is 5. The number of aromatic nitrogens is 2. The molecule has 4 aromatic rings. The maximum Gasteiger partial charge on any atom is 0.326 e. The van der Waals surface area contributed by atoms with Gasteiger partial charge in [-0.15, -0.1) is 0 Å². The second-order valence-corrected chi connectivity index (χ2v) is 9.70. The van der Waals surface area contributed by atoms with E-state index in [1.807, 2.05) is 0 Å². The van der Waals surface area contributed by atoms with Gasteiger partial charge in [-0.1, -0.05) is 30.3 Å². The number of nitro benzene ring substituents is 1. The Bertz CT molecular complexity index is 1560. The van der Waals surface area contributed by atoms with Gasteiger partial charge >= 0.3 is 5.97 Å². The van der Waals surface area contributed by atoms with Crippen LogP contribution in [0.15, 0.2) is 73.1 Å². The number of nitro groups is 1. The number of carboxylic acid groups (broad SMARTS) is 1. The lowest BCUT2D eigenvalue weighted by Gasteiger charge is -2.35. The van der Waals surface area contributed by atoms with Crippen molar-refractivity contribution in [2.45, 2.75) is 38.4 Å². The molecule has 40 heavy (non-hydrogen) atoms. The van der Waals surface area contributed by atoms with Crippen molar-refractivity contribution >= 4 is 17.6 Å². The van der Waals surface area contributed by atoms with Crippen molar-refractivity contribution in [1.82, 2.24) is 14.5 Å². The maximum atomic E-state index is 14.0. The quantitative estimate of drug-likeness (QED) is 0.267. The van der Waals surface area contributed by atoms with Gasteiger partial charge < -0.3 is 14.6 Å². The molecule has 1 aliphatic rings. The lowest BCUT2D eigenvalue weighted by atomic mass is 9.88. The Morgan fingerprint density at radius 1 is 1.05 bits per heavy atom. The first kappa shape index (κ1) is 26.7. The van der Waals surface area contributed by atoms with Gasteiger partial charge in [-0.2, -0.15) is 0 Å². The first-order valence-electron chi connectivity index (χ1n) is 12.4. The zero-order valence-electron chi connectivity index (χ0n) is 21.3. The number of fused-ring (bicyclic) bond motifs is 1. The number of hydrogen-bond donors (Lipinski definition) is 1. The molecule has 2 heterocycles. The molecule has 204 valence electrons. The van der Waals surface area contributed by atoms with E-state index in [0.29, 0.717) is 34.6 Å². The van der Waals surface area contributed by atoms with Crippen LogP contribution in [0.1, 0.15) is 39.6 Å². The zero-order valence-corrected chi connectivity index (χ0v) is 21.3. The smallest absolute Gasteiger partial charge is 0.326 e. The lowest BCUT2D eigenvalue weighted by Crippen LogP contribution is -2.50. The first-order chi connectivity index (χ1) is 19.1. The monoisotopic (exact) mass is 546 g/mol. The van der Waals surface area contributed by atoms with E-state index in [1.165, 1.54) is 59.5 Å². The van der Waals surface area contributed by atoms with E-state index in [1.54, 1.807) is 30.0 Å². The zero-order chi connectivity index (χ0) is 28.6. The van der Waals surface area contributed by atoms with Crippen LogP contribution in [-0.2, 0) is 29.1 Å². The van der Waals surface area contributed by atoms with Crippen molar-refractivity contribution in [2.24, 2.45) is 0 Å². The molecule has 0 aliphatic carbocycles. The number of carboxylic acids is 1. The van der Waals surface area contributed by atoms with Gasteiger partial charge in [0.05, 0.1) is 29.4 Å². The van der Waals surface area contributed by atoms with E-state index in [2.05, 4.69) is 4.98 Å². The fourth-order valence-corrected chi connectivity index (χ4v) is 5.14. The Labute approximate surface area is 227 Å². The second-order valence-electron chi connectivity index (χ2n) is 9.70. The molecule has 1 N–H and O–H groups in total. The minimum atomic E-state index is -1.21. The van der Waals surface area contributed by atoms with Gasteiger partial charge in [-0.05, 0) is 53.9 Å². The number of nitrogens with zero attached hydrogens (tertiary/aromatic N) is 4. The van der Waals surface area contributed by atoms with Crippen LogP contribution < -0.4 is 0 Å². The van der Waals surface area contributed by atoms with Crippen LogP contribution in [0, 0.1) is 28.7 Å². The number of amides is 1. The molecule has 11 heteroatoms. The molecule has 0 saturated carbocycles. The third-order valence-electron chi connectivity index (χ3n) is 7.15. The third kappa shape index (κ3) is 5.18. The van der Waals surface area contributed by atoms with Gasteiger partial charge in [0.2, 0.25) is 5.91 Å². The molecule has 1 unspecified atom stereocenters. The van der Waals surface area contributed by atoms with Crippen molar-refractivity contribution in [3.63, 3.8) is 0 Å². The highest BCUT2D eigenvalue weighted by Crippen LogP contribution is 2.32. The van der Waals surface area contributed by atoms with Crippen LogP contribution >= 0.6 is 0 Å². The predicted molar refractivity (Wildman–Crippen MR) is 139 cm³/mol. The van der Waals surface area contributed by atoms with Crippen LogP contribution in [0.25, 0.3) is 0 Å². The Morgan fingerprint density at radius 3 is 2.17 bits per heavy atom. The second kappa shape index (κ2) is 10.7. The Balaban J connectivity index is 1.47. The van der Waals surface area contributed by atoms with E-state index in [9.17, 15) is 33.6 Å². The van der Waals surface area contributed by atoms with E-state index >= 15 is 0 Å². The summed E-state index contributed by atoms with van der Waals surface area (Å²) in [5.74, 6) is -3.70. The number of halogens is 2. The highest BCUT2D eigenvalue weighted by atomic mass is 19.1. The summed E-state index contributed by atoms with van der Waals surface area (Å²) in [5, 5.41) is 21.3. The predicted octanol–water partition coefficient (Wildman–Crippen LogP) is 4.60. The first-order valence-corrected chi connectivity index (χ1v) is 12.4. The molecular formula is C29H24F2N4O5. The van der Waals surface area contributed by atoms with Gasteiger partial charge in [0.15, 0.2) is 0 Å². The molecule has 0 bridgehead atoms. The summed E-state index contributed by atoms with van der Waals surface area (Å²) in [6, 6.07) is 14.2. The summed E-state index contributed by atoms with van der Waals surface area (Å²) in [6.07, 6.45) is 1.55. The average Bonchev–Trinajstić information content (AvgIpc) is 3.31. The molecule has 9 nitrogen and oxygen atoms in total. The van der Waals surface area contributed by atoms with Crippen LogP contribution in [0.3, 0.4) is 0 Å². The summed E-state index contributed by atoms with van der Waals surface area (Å²) in [5.41, 5.74) is 3.34. The van der Waals surface area contributed by atoms with E-state index < -0.39 is 40.4 Å². The van der Waals surface area contributed by atoms with Crippen molar-refractivity contribution in [3.05, 3.63) is 128 Å². The summed E-state index contributed by atoms with van der Waals surface area (Å²) >= 11 is 0. The van der Waals surface area contributed by atoms with E-state index in [4.69, 9.17) is 0 Å². The van der Waals surface area contributed by atoms with Crippen LogP contribution in [0.5, 0.6) is 0 Å². The molecule has 0 saturated heterocycles. The molecule has 1 atom stereocenters. The van der Waals surface area contributed by atoms with Crippen molar-refractivity contribution in [2.75, 3.05) is 0 Å². The van der Waals surface area contributed by atoms with Crippen LogP contribution in [0.2, 0.25) is 0 Å². The molecule has 1 aromatic heterocycles. The summed E-state index contributed by atoms with van der Waals surface area (Å²) in [7, 11) is 0. The molecule has 0 fully saturated rings. The number of rotatable bonds is 7. The molecule has 3 aromatic carbocycles. The van der Waals surface area contributed by atoms with Crippen LogP contribution in [0.4, 0.5) is 14.5 Å². The fourth-order valence-electron chi connectivity index (χ4n) is 5.14. The third-order valence-corrected chi connectivity index (χ3v) is 7.15. The molecular weight excluding hydrogens is 522 g/mol. The summed E-state index contributed by atoms with van der Waals surface area (Å²) in [4.78, 5) is 42.8. The lowest BCUT2D eigenvalue weighted by molar-refractivity contribution is -0.385. The average molecular weight is 547 g/mol. The summed E-state index contributed by atoms with van der Waals surface area (Å²) in [6.45, 7) is 1.89. The Kier molecular flexibility index (Phi) is 7.12. The van der Waals surface area contributed by atoms with Gasteiger partial charge in [0.25, 0.3) is 5.69 Å². The van der Waals surface area contributed by atoms with Gasteiger partial charge in [0.1, 0.15) is 17.7 Å². The minimum absolute atomic E-state index is 0.00775. The fraction of sp³-hybridized carbons (Fsp3) is 0.207. The largest absolute Gasteiger partial charge is 0.480 e. The molecule has 0 spiro atoms. The highest BCUT2D eigenvalue weighted by molar-refractivity contribution is 5.91. The van der Waals surface area contributed by atoms with Crippen LogP contribution in [-0.4, -0.2) is 42.4 Å². The van der Waals surface area contributed by atoms with E-state index in [-0.39, 0.29) is 18.7 Å². The normalized spacial score (nSPS) is 14.7. The molecule has 1 aliphatic heterocycles. The number of imidazole rings is 1. The molecule has 0 radical (unpaired) electrons. The highest BCUT2D eigenvalue weighted by Gasteiger charge is 2.40. The molecule has 5 rings (SSSR count). The Morgan fingerprint density at radius 2 is 1.65 bits per heavy atom. The van der Waals surface area contributed by atoms with Crippen molar-refractivity contribution in [1.29, 1.82) is 0 Å². The number of aryl methyl sites for hydroxylation is 1. The van der Waals surface area contributed by atoms with Crippen molar-refractivity contribution < 1.29 is 28.4 Å². The topological polar surface area (TPSA) is 119 Å². The van der Waals surface area contributed by atoms with Gasteiger partial charge in [-0.25, -0.2) is 18.6 Å². The standard InChI is InChI=1S/C29H24F2N4O5/c1-17-12-18(2-11-24(17)35(39)40)14-33-16-32-23-15-34(26(29(37)38)13-25(23)33)28(36)27(19-3-7-21(30)8-4-19)20-5-9-22(31)10-6-20/h2-12,16,26-27H,13-15H2,1H3,(H,37,38). The number of benzene rings is 3. The molecule has 1 amide bonds.